The molecular weight excluding hydrogens is 324 g/mol. The fraction of sp³-hybridized carbons (Fsp3) is 0.150. The van der Waals surface area contributed by atoms with Gasteiger partial charge in [0.25, 0.3) is 0 Å². The number of rotatable bonds is 3. The lowest BCUT2D eigenvalue weighted by atomic mass is 10.0. The number of nitrogens with zero attached hydrogens (tertiary/aromatic N) is 5. The Kier molecular flexibility index (Phi) is 3.18. The largest absolute Gasteiger partial charge is 0.334 e. The molecule has 0 atom stereocenters. The van der Waals surface area contributed by atoms with E-state index in [1.807, 2.05) is 48.0 Å². The fourth-order valence-corrected chi connectivity index (χ4v) is 3.51. The highest BCUT2D eigenvalue weighted by Crippen LogP contribution is 2.26. The number of benzene rings is 2. The SMILES string of the molecule is Cn1ccnc1-c1ccc2n[nH]c(Cc3ccc4c(cnn4C)c3)c2c1. The Morgan fingerprint density at radius 2 is 2.00 bits per heavy atom. The minimum atomic E-state index is 0.797. The van der Waals surface area contributed by atoms with Crippen molar-refractivity contribution < 1.29 is 0 Å². The molecule has 2 aromatic carbocycles. The van der Waals surface area contributed by atoms with Crippen LogP contribution in [0.15, 0.2) is 55.0 Å². The molecule has 0 saturated carbocycles. The number of aryl methyl sites for hydroxylation is 2. The molecule has 0 radical (unpaired) electrons. The molecule has 128 valence electrons. The average Bonchev–Trinajstić information content (AvgIpc) is 3.35. The second-order valence-electron chi connectivity index (χ2n) is 6.63. The molecule has 0 bridgehead atoms. The van der Waals surface area contributed by atoms with E-state index in [9.17, 15) is 0 Å². The summed E-state index contributed by atoms with van der Waals surface area (Å²) in [7, 11) is 3.97. The lowest BCUT2D eigenvalue weighted by molar-refractivity contribution is 0.797. The van der Waals surface area contributed by atoms with Crippen LogP contribution in [0, 0.1) is 0 Å². The summed E-state index contributed by atoms with van der Waals surface area (Å²) in [5.74, 6) is 0.954. The van der Waals surface area contributed by atoms with Gasteiger partial charge >= 0.3 is 0 Å². The minimum absolute atomic E-state index is 0.797. The van der Waals surface area contributed by atoms with E-state index in [0.29, 0.717) is 0 Å². The third kappa shape index (κ3) is 2.30. The van der Waals surface area contributed by atoms with Gasteiger partial charge in [-0.1, -0.05) is 6.07 Å². The van der Waals surface area contributed by atoms with Crippen molar-refractivity contribution in [2.24, 2.45) is 14.1 Å². The molecule has 3 aromatic heterocycles. The summed E-state index contributed by atoms with van der Waals surface area (Å²) >= 11 is 0. The smallest absolute Gasteiger partial charge is 0.139 e. The zero-order chi connectivity index (χ0) is 17.7. The molecule has 0 spiro atoms. The monoisotopic (exact) mass is 342 g/mol. The van der Waals surface area contributed by atoms with Crippen LogP contribution in [-0.4, -0.2) is 29.5 Å². The van der Waals surface area contributed by atoms with Gasteiger partial charge in [0, 0.05) is 54.9 Å². The van der Waals surface area contributed by atoms with Crippen LogP contribution in [0.4, 0.5) is 0 Å². The molecule has 0 amide bonds. The van der Waals surface area contributed by atoms with Crippen molar-refractivity contribution in [2.45, 2.75) is 6.42 Å². The summed E-state index contributed by atoms with van der Waals surface area (Å²) in [5, 5.41) is 14.3. The van der Waals surface area contributed by atoms with E-state index in [0.717, 1.165) is 45.3 Å². The first-order valence-corrected chi connectivity index (χ1v) is 8.54. The second kappa shape index (κ2) is 5.56. The number of hydrogen-bond donors (Lipinski definition) is 1. The molecule has 5 aromatic rings. The number of hydrogen-bond acceptors (Lipinski definition) is 3. The summed E-state index contributed by atoms with van der Waals surface area (Å²) in [5.41, 5.74) is 5.55. The van der Waals surface area contributed by atoms with Crippen LogP contribution in [0.3, 0.4) is 0 Å². The molecule has 0 saturated heterocycles. The van der Waals surface area contributed by atoms with Gasteiger partial charge in [0.15, 0.2) is 0 Å². The highest BCUT2D eigenvalue weighted by Gasteiger charge is 2.11. The normalized spacial score (nSPS) is 11.6. The van der Waals surface area contributed by atoms with E-state index in [1.165, 1.54) is 5.56 Å². The summed E-state index contributed by atoms with van der Waals surface area (Å²) < 4.78 is 3.92. The standard InChI is InChI=1S/C20H18N6/c1-25-8-7-21-20(25)14-4-5-17-16(11-14)18(24-23-17)10-13-3-6-19-15(9-13)12-22-26(19)2/h3-9,11-12H,10H2,1-2H3,(H,23,24). The highest BCUT2D eigenvalue weighted by atomic mass is 15.2. The predicted molar refractivity (Wildman–Crippen MR) is 102 cm³/mol. The van der Waals surface area contributed by atoms with Crippen LogP contribution in [0.25, 0.3) is 33.2 Å². The van der Waals surface area contributed by atoms with Crippen molar-refractivity contribution in [3.8, 4) is 11.4 Å². The Hall–Kier alpha value is -3.41. The molecule has 26 heavy (non-hydrogen) atoms. The van der Waals surface area contributed by atoms with Crippen LogP contribution in [0.1, 0.15) is 11.3 Å². The number of imidazole rings is 1. The van der Waals surface area contributed by atoms with Crippen LogP contribution in [-0.2, 0) is 20.5 Å². The van der Waals surface area contributed by atoms with Crippen molar-refractivity contribution >= 4 is 21.8 Å². The maximum atomic E-state index is 4.46. The van der Waals surface area contributed by atoms with E-state index in [4.69, 9.17) is 0 Å². The first-order chi connectivity index (χ1) is 12.7. The van der Waals surface area contributed by atoms with E-state index in [2.05, 4.69) is 50.6 Å². The Morgan fingerprint density at radius 1 is 1.08 bits per heavy atom. The molecule has 0 aliphatic heterocycles. The number of aromatic amines is 1. The van der Waals surface area contributed by atoms with Crippen LogP contribution >= 0.6 is 0 Å². The number of fused-ring (bicyclic) bond motifs is 2. The molecule has 6 nitrogen and oxygen atoms in total. The van der Waals surface area contributed by atoms with Gasteiger partial charge in [-0.15, -0.1) is 0 Å². The molecule has 6 heteroatoms. The molecule has 0 fully saturated rings. The highest BCUT2D eigenvalue weighted by molar-refractivity contribution is 5.86. The number of H-pyrrole nitrogens is 1. The van der Waals surface area contributed by atoms with Crippen LogP contribution < -0.4 is 0 Å². The molecule has 3 heterocycles. The fourth-order valence-electron chi connectivity index (χ4n) is 3.51. The van der Waals surface area contributed by atoms with E-state index in [1.54, 1.807) is 0 Å². The van der Waals surface area contributed by atoms with Gasteiger partial charge in [0.1, 0.15) is 5.82 Å². The Bertz CT molecular complexity index is 1240. The van der Waals surface area contributed by atoms with Gasteiger partial charge in [0.2, 0.25) is 0 Å². The third-order valence-electron chi connectivity index (χ3n) is 4.90. The van der Waals surface area contributed by atoms with Gasteiger partial charge in [-0.25, -0.2) is 4.98 Å². The molecule has 1 N–H and O–H groups in total. The van der Waals surface area contributed by atoms with Crippen molar-refractivity contribution in [1.82, 2.24) is 29.5 Å². The van der Waals surface area contributed by atoms with Gasteiger partial charge in [-0.05, 0) is 35.9 Å². The lowest BCUT2D eigenvalue weighted by Gasteiger charge is -2.04. The maximum absolute atomic E-state index is 4.46. The topological polar surface area (TPSA) is 64.3 Å². The summed E-state index contributed by atoms with van der Waals surface area (Å²) in [6, 6.07) is 12.7. The summed E-state index contributed by atoms with van der Waals surface area (Å²) in [4.78, 5) is 4.45. The average molecular weight is 342 g/mol. The molecule has 5 rings (SSSR count). The Labute approximate surface area is 150 Å². The van der Waals surface area contributed by atoms with Crippen LogP contribution in [0.2, 0.25) is 0 Å². The first-order valence-electron chi connectivity index (χ1n) is 8.54. The molecule has 0 aliphatic rings. The van der Waals surface area contributed by atoms with Crippen molar-refractivity contribution in [1.29, 1.82) is 0 Å². The summed E-state index contributed by atoms with van der Waals surface area (Å²) in [6.45, 7) is 0. The van der Waals surface area contributed by atoms with E-state index >= 15 is 0 Å². The summed E-state index contributed by atoms with van der Waals surface area (Å²) in [6.07, 6.45) is 6.48. The quantitative estimate of drug-likeness (QED) is 0.546. The van der Waals surface area contributed by atoms with Crippen LogP contribution in [0.5, 0.6) is 0 Å². The van der Waals surface area contributed by atoms with Crippen molar-refractivity contribution in [3.05, 3.63) is 66.2 Å². The predicted octanol–water partition coefficient (Wildman–Crippen LogP) is 3.44. The zero-order valence-corrected chi connectivity index (χ0v) is 14.6. The molecular formula is C20H18N6. The van der Waals surface area contributed by atoms with Gasteiger partial charge in [0.05, 0.1) is 17.2 Å². The van der Waals surface area contributed by atoms with Gasteiger partial charge < -0.3 is 4.57 Å². The number of aromatic nitrogens is 6. The Balaban J connectivity index is 1.56. The lowest BCUT2D eigenvalue weighted by Crippen LogP contribution is -1.93. The third-order valence-corrected chi connectivity index (χ3v) is 4.90. The zero-order valence-electron chi connectivity index (χ0n) is 14.6. The van der Waals surface area contributed by atoms with Crippen molar-refractivity contribution in [2.75, 3.05) is 0 Å². The van der Waals surface area contributed by atoms with Gasteiger partial charge in [-0.3, -0.25) is 9.78 Å². The second-order valence-corrected chi connectivity index (χ2v) is 6.63. The minimum Gasteiger partial charge on any atom is -0.334 e. The Morgan fingerprint density at radius 3 is 2.85 bits per heavy atom. The first kappa shape index (κ1) is 14.9. The van der Waals surface area contributed by atoms with E-state index in [-0.39, 0.29) is 0 Å². The van der Waals surface area contributed by atoms with Crippen molar-refractivity contribution in [3.63, 3.8) is 0 Å². The molecule has 0 aliphatic carbocycles. The maximum Gasteiger partial charge on any atom is 0.139 e. The molecule has 0 unspecified atom stereocenters. The number of nitrogens with one attached hydrogen (secondary N) is 1. The van der Waals surface area contributed by atoms with Gasteiger partial charge in [-0.2, -0.15) is 10.2 Å². The van der Waals surface area contributed by atoms with E-state index < -0.39 is 0 Å².